The van der Waals surface area contributed by atoms with E-state index in [0.717, 1.165) is 55.6 Å². The summed E-state index contributed by atoms with van der Waals surface area (Å²) in [4.78, 5) is 67.7. The van der Waals surface area contributed by atoms with Crippen LogP contribution in [0.25, 0.3) is 0 Å². The fourth-order valence-corrected chi connectivity index (χ4v) is 8.21. The largest absolute Gasteiger partial charge is 0.381 e. The van der Waals surface area contributed by atoms with E-state index in [4.69, 9.17) is 9.68 Å². The molecule has 10 nitrogen and oxygen atoms in total. The third-order valence-corrected chi connectivity index (χ3v) is 10.3. The lowest BCUT2D eigenvalue weighted by atomic mass is 9.88. The number of benzene rings is 4. The van der Waals surface area contributed by atoms with Gasteiger partial charge in [0.25, 0.3) is 11.8 Å². The van der Waals surface area contributed by atoms with E-state index < -0.39 is 35.9 Å². The van der Waals surface area contributed by atoms with E-state index in [2.05, 4.69) is 10.3 Å². The highest BCUT2D eigenvalue weighted by Crippen LogP contribution is 2.39. The summed E-state index contributed by atoms with van der Waals surface area (Å²) in [7, 11) is 0. The van der Waals surface area contributed by atoms with Crippen LogP contribution in [0.1, 0.15) is 55.6 Å². The molecule has 0 N–H and O–H groups in total. The first-order valence-electron chi connectivity index (χ1n) is 17.0. The van der Waals surface area contributed by atoms with Crippen LogP contribution in [0.5, 0.6) is 0 Å². The van der Waals surface area contributed by atoms with Gasteiger partial charge in [0.1, 0.15) is 23.3 Å². The zero-order chi connectivity index (χ0) is 35.9. The summed E-state index contributed by atoms with van der Waals surface area (Å²) >= 11 is 0. The van der Waals surface area contributed by atoms with E-state index in [1.165, 1.54) is 9.80 Å². The highest BCUT2D eigenvalue weighted by Gasteiger charge is 2.57. The minimum absolute atomic E-state index is 0.355. The molecule has 4 aromatic carbocycles. The van der Waals surface area contributed by atoms with Gasteiger partial charge in [0.2, 0.25) is 24.0 Å². The SMILES string of the molecule is Cc1cc(C)c(C2=NO[C@@H]3C(=O)N(c4ccc(Cc5ccc(N6C(=O)[C@H]7C(c8c(C)cc(C)cc8C)=NO[C@H]7C6=O)cc5)cc4)C(=O)[C@H]23)c(C)c1. The second-order valence-corrected chi connectivity index (χ2v) is 14.0. The number of anilines is 2. The minimum Gasteiger partial charge on any atom is -0.381 e. The van der Waals surface area contributed by atoms with E-state index in [1.807, 2.05) is 90.1 Å². The summed E-state index contributed by atoms with van der Waals surface area (Å²) < 4.78 is 0. The molecule has 4 atom stereocenters. The van der Waals surface area contributed by atoms with Crippen molar-refractivity contribution >= 4 is 46.4 Å². The highest BCUT2D eigenvalue weighted by atomic mass is 16.7. The molecule has 0 spiro atoms. The summed E-state index contributed by atoms with van der Waals surface area (Å²) in [5, 5.41) is 8.41. The van der Waals surface area contributed by atoms with Crippen LogP contribution in [0.4, 0.5) is 11.4 Å². The van der Waals surface area contributed by atoms with E-state index in [9.17, 15) is 19.2 Å². The number of imide groups is 2. The van der Waals surface area contributed by atoms with Crippen molar-refractivity contribution < 1.29 is 28.9 Å². The number of fused-ring (bicyclic) bond motifs is 2. The van der Waals surface area contributed by atoms with Crippen molar-refractivity contribution in [2.45, 2.75) is 60.2 Å². The van der Waals surface area contributed by atoms with Crippen molar-refractivity contribution in [2.24, 2.45) is 22.1 Å². The topological polar surface area (TPSA) is 118 Å². The molecule has 0 bridgehead atoms. The Morgan fingerprint density at radius 1 is 0.510 bits per heavy atom. The molecule has 0 aromatic heterocycles. The van der Waals surface area contributed by atoms with Crippen molar-refractivity contribution in [3.05, 3.63) is 128 Å². The number of carbonyl (C=O) groups excluding carboxylic acids is 4. The maximum atomic E-state index is 13.7. The Kier molecular flexibility index (Phi) is 7.52. The average Bonchev–Trinajstić information content (AvgIpc) is 3.81. The lowest BCUT2D eigenvalue weighted by Gasteiger charge is -2.18. The quantitative estimate of drug-likeness (QED) is 0.241. The van der Waals surface area contributed by atoms with Crippen molar-refractivity contribution in [1.82, 2.24) is 0 Å². The van der Waals surface area contributed by atoms with Crippen LogP contribution in [-0.2, 0) is 35.3 Å². The fourth-order valence-electron chi connectivity index (χ4n) is 8.21. The first-order valence-corrected chi connectivity index (χ1v) is 17.0. The van der Waals surface area contributed by atoms with Gasteiger partial charge in [0.05, 0.1) is 11.4 Å². The van der Waals surface area contributed by atoms with Gasteiger partial charge in [-0.2, -0.15) is 0 Å². The zero-order valence-electron chi connectivity index (χ0n) is 29.2. The van der Waals surface area contributed by atoms with Crippen molar-refractivity contribution in [3.8, 4) is 0 Å². The van der Waals surface area contributed by atoms with Crippen molar-refractivity contribution in [3.63, 3.8) is 0 Å². The Morgan fingerprint density at radius 2 is 0.843 bits per heavy atom. The Hall–Kier alpha value is -5.90. The van der Waals surface area contributed by atoms with Gasteiger partial charge in [-0.15, -0.1) is 0 Å². The normalized spacial score (nSPS) is 22.2. The predicted molar refractivity (Wildman–Crippen MR) is 192 cm³/mol. The van der Waals surface area contributed by atoms with Crippen molar-refractivity contribution in [1.29, 1.82) is 0 Å². The predicted octanol–water partition coefficient (Wildman–Crippen LogP) is 5.71. The van der Waals surface area contributed by atoms with E-state index in [0.29, 0.717) is 29.2 Å². The number of hydrogen-bond acceptors (Lipinski definition) is 8. The second kappa shape index (κ2) is 11.9. The molecule has 0 radical (unpaired) electrons. The second-order valence-electron chi connectivity index (χ2n) is 14.0. The number of hydrogen-bond donors (Lipinski definition) is 0. The third-order valence-electron chi connectivity index (χ3n) is 10.3. The Morgan fingerprint density at radius 3 is 1.18 bits per heavy atom. The number of oxime groups is 2. The van der Waals surface area contributed by atoms with Crippen LogP contribution < -0.4 is 9.80 Å². The number of amides is 4. The Bertz CT molecular complexity index is 2050. The van der Waals surface area contributed by atoms with Crippen LogP contribution in [0, 0.1) is 53.4 Å². The Balaban J connectivity index is 0.962. The van der Waals surface area contributed by atoms with E-state index >= 15 is 0 Å². The molecule has 0 unspecified atom stereocenters. The first kappa shape index (κ1) is 32.3. The van der Waals surface area contributed by atoms with Gasteiger partial charge in [-0.3, -0.25) is 19.2 Å². The number of aryl methyl sites for hydroxylation is 6. The van der Waals surface area contributed by atoms with Gasteiger partial charge in [0.15, 0.2) is 0 Å². The average molecular weight is 681 g/mol. The standard InChI is InChI=1S/C41H36N4O6/c1-20-15-22(3)30(23(4)16-20)34-32-36(50-42-34)40(48)44(38(32)46)28-11-7-26(8-12-28)19-27-9-13-29(14-10-27)45-39(47)33-35(43-51-37(33)41(45)49)31-24(5)17-21(2)18-25(31)6/h7-18,32-33,36-37H,19H2,1-6H3/t32-,33+,36+,37-. The van der Waals surface area contributed by atoms with Crippen LogP contribution in [0.2, 0.25) is 0 Å². The number of nitrogens with zero attached hydrogens (tertiary/aromatic N) is 4. The molecule has 4 aromatic rings. The van der Waals surface area contributed by atoms with Crippen LogP contribution in [0.3, 0.4) is 0 Å². The third kappa shape index (κ3) is 5.08. The monoisotopic (exact) mass is 680 g/mol. The molecule has 51 heavy (non-hydrogen) atoms. The van der Waals surface area contributed by atoms with Gasteiger partial charge in [-0.05, 0) is 106 Å². The van der Waals surface area contributed by atoms with Crippen LogP contribution in [-0.4, -0.2) is 47.3 Å². The summed E-state index contributed by atoms with van der Waals surface area (Å²) in [5.41, 5.74) is 11.7. The van der Waals surface area contributed by atoms with E-state index in [1.54, 1.807) is 24.3 Å². The Labute approximate surface area is 295 Å². The van der Waals surface area contributed by atoms with Gasteiger partial charge in [-0.25, -0.2) is 9.80 Å². The summed E-state index contributed by atoms with van der Waals surface area (Å²) in [6, 6.07) is 22.7. The molecule has 4 heterocycles. The molecule has 4 amide bonds. The summed E-state index contributed by atoms with van der Waals surface area (Å²) in [5.74, 6) is -3.17. The molecule has 10 heteroatoms. The maximum absolute atomic E-state index is 13.7. The molecule has 256 valence electrons. The summed E-state index contributed by atoms with van der Waals surface area (Å²) in [6.07, 6.45) is -1.42. The fraction of sp³-hybridized carbons (Fsp3) is 0.268. The maximum Gasteiger partial charge on any atom is 0.278 e. The van der Waals surface area contributed by atoms with E-state index in [-0.39, 0.29) is 11.8 Å². The van der Waals surface area contributed by atoms with Gasteiger partial charge >= 0.3 is 0 Å². The van der Waals surface area contributed by atoms with Gasteiger partial charge in [-0.1, -0.05) is 70.0 Å². The number of rotatable bonds is 6. The van der Waals surface area contributed by atoms with Gasteiger partial charge in [0, 0.05) is 11.1 Å². The van der Waals surface area contributed by atoms with Crippen LogP contribution >= 0.6 is 0 Å². The van der Waals surface area contributed by atoms with Gasteiger partial charge < -0.3 is 9.68 Å². The molecule has 8 rings (SSSR count). The first-order chi connectivity index (χ1) is 24.4. The molecular formula is C41H36N4O6. The molecule has 2 fully saturated rings. The molecular weight excluding hydrogens is 644 g/mol. The minimum atomic E-state index is -0.985. The number of carbonyl (C=O) groups is 4. The highest BCUT2D eigenvalue weighted by molar-refractivity contribution is 6.33. The van der Waals surface area contributed by atoms with Crippen molar-refractivity contribution in [2.75, 3.05) is 9.80 Å². The molecule has 0 saturated carbocycles. The molecule has 4 aliphatic heterocycles. The zero-order valence-corrected chi connectivity index (χ0v) is 29.2. The van der Waals surface area contributed by atoms with Crippen LogP contribution in [0.15, 0.2) is 83.1 Å². The lowest BCUT2D eigenvalue weighted by Crippen LogP contribution is -2.33. The molecule has 4 aliphatic rings. The lowest BCUT2D eigenvalue weighted by molar-refractivity contribution is -0.127. The summed E-state index contributed by atoms with van der Waals surface area (Å²) in [6.45, 7) is 11.9. The smallest absolute Gasteiger partial charge is 0.278 e. The molecule has 2 saturated heterocycles. The molecule has 0 aliphatic carbocycles.